The predicted molar refractivity (Wildman–Crippen MR) is 75.3 cm³/mol. The average molecular weight is 262 g/mol. The van der Waals surface area contributed by atoms with E-state index in [1.165, 1.54) is 0 Å². The van der Waals surface area contributed by atoms with E-state index in [2.05, 4.69) is 17.4 Å². The van der Waals surface area contributed by atoms with Crippen LogP contribution in [-0.4, -0.2) is 49.0 Å². The van der Waals surface area contributed by atoms with Crippen molar-refractivity contribution in [3.8, 4) is 0 Å². The molecule has 0 atom stereocenters. The summed E-state index contributed by atoms with van der Waals surface area (Å²) in [4.78, 5) is 14.2. The molecule has 1 saturated heterocycles. The first-order valence-electron chi connectivity index (χ1n) is 6.68. The van der Waals surface area contributed by atoms with Crippen molar-refractivity contribution in [1.29, 1.82) is 0 Å². The molecule has 0 saturated carbocycles. The summed E-state index contributed by atoms with van der Waals surface area (Å²) in [7, 11) is 2.10. The highest BCUT2D eigenvalue weighted by Gasteiger charge is 2.15. The van der Waals surface area contributed by atoms with Crippen LogP contribution in [-0.2, 0) is 17.8 Å². The number of carbonyl (C=O) groups excluding carboxylic acids is 1. The van der Waals surface area contributed by atoms with Crippen molar-refractivity contribution < 1.29 is 4.79 Å². The minimum absolute atomic E-state index is 0.0463. The van der Waals surface area contributed by atoms with E-state index in [9.17, 15) is 4.79 Å². The predicted octanol–water partition coefficient (Wildman–Crippen LogP) is -0.0336. The molecule has 19 heavy (non-hydrogen) atoms. The first-order chi connectivity index (χ1) is 9.17. The first kappa shape index (κ1) is 14.0. The Kier molecular flexibility index (Phi) is 4.90. The molecule has 3 N–H and O–H groups in total. The minimum atomic E-state index is 0.0463. The topological polar surface area (TPSA) is 61.6 Å². The van der Waals surface area contributed by atoms with Crippen molar-refractivity contribution in [1.82, 2.24) is 15.3 Å². The Balaban J connectivity index is 1.80. The average Bonchev–Trinajstić information content (AvgIpc) is 2.42. The SMILES string of the molecule is CN1CCN(NC(=O)Cc2ccc(CN)cc2)CC1. The molecule has 5 heteroatoms. The Bertz CT molecular complexity index is 410. The molecule has 0 aliphatic carbocycles. The number of carbonyl (C=O) groups is 1. The van der Waals surface area contributed by atoms with Crippen LogP contribution in [0.2, 0.25) is 0 Å². The fourth-order valence-electron chi connectivity index (χ4n) is 2.11. The molecule has 0 bridgehead atoms. The van der Waals surface area contributed by atoms with E-state index in [1.807, 2.05) is 29.3 Å². The molecule has 1 aromatic carbocycles. The largest absolute Gasteiger partial charge is 0.326 e. The second kappa shape index (κ2) is 6.65. The van der Waals surface area contributed by atoms with Crippen LogP contribution >= 0.6 is 0 Å². The van der Waals surface area contributed by atoms with E-state index in [0.29, 0.717) is 13.0 Å². The van der Waals surface area contributed by atoms with Crippen molar-refractivity contribution in [3.05, 3.63) is 35.4 Å². The second-order valence-electron chi connectivity index (χ2n) is 5.02. The molecule has 0 radical (unpaired) electrons. The van der Waals surface area contributed by atoms with E-state index in [1.54, 1.807) is 0 Å². The minimum Gasteiger partial charge on any atom is -0.326 e. The molecule has 5 nitrogen and oxygen atoms in total. The van der Waals surface area contributed by atoms with Crippen LogP contribution in [0.15, 0.2) is 24.3 Å². The van der Waals surface area contributed by atoms with Crippen LogP contribution in [0.5, 0.6) is 0 Å². The molecular weight excluding hydrogens is 240 g/mol. The summed E-state index contributed by atoms with van der Waals surface area (Å²) < 4.78 is 0. The van der Waals surface area contributed by atoms with Gasteiger partial charge >= 0.3 is 0 Å². The van der Waals surface area contributed by atoms with E-state index >= 15 is 0 Å². The van der Waals surface area contributed by atoms with Gasteiger partial charge in [-0.1, -0.05) is 24.3 Å². The highest BCUT2D eigenvalue weighted by Crippen LogP contribution is 2.05. The van der Waals surface area contributed by atoms with Gasteiger partial charge in [0.05, 0.1) is 6.42 Å². The molecule has 0 spiro atoms. The van der Waals surface area contributed by atoms with Crippen molar-refractivity contribution in [2.45, 2.75) is 13.0 Å². The maximum Gasteiger partial charge on any atom is 0.238 e. The number of piperazine rings is 1. The van der Waals surface area contributed by atoms with E-state index in [-0.39, 0.29) is 5.91 Å². The summed E-state index contributed by atoms with van der Waals surface area (Å²) in [6, 6.07) is 7.87. The maximum absolute atomic E-state index is 11.9. The molecule has 104 valence electrons. The number of nitrogens with two attached hydrogens (primary N) is 1. The van der Waals surface area contributed by atoms with E-state index < -0.39 is 0 Å². The quantitative estimate of drug-likeness (QED) is 0.800. The molecular formula is C14H22N4O. The zero-order valence-electron chi connectivity index (χ0n) is 11.4. The van der Waals surface area contributed by atoms with Gasteiger partial charge in [-0.2, -0.15) is 0 Å². The van der Waals surface area contributed by atoms with Gasteiger partial charge in [0.2, 0.25) is 5.91 Å². The van der Waals surface area contributed by atoms with Crippen LogP contribution in [0.1, 0.15) is 11.1 Å². The number of hydrogen-bond acceptors (Lipinski definition) is 4. The second-order valence-corrected chi connectivity index (χ2v) is 5.02. The van der Waals surface area contributed by atoms with Gasteiger partial charge in [0, 0.05) is 32.7 Å². The van der Waals surface area contributed by atoms with Crippen molar-refractivity contribution in [2.24, 2.45) is 5.73 Å². The standard InChI is InChI=1S/C14H22N4O/c1-17-6-8-18(9-7-17)16-14(19)10-12-2-4-13(11-15)5-3-12/h2-5H,6-11,15H2,1H3,(H,16,19). The van der Waals surface area contributed by atoms with Gasteiger partial charge in [-0.05, 0) is 18.2 Å². The molecule has 1 amide bonds. The van der Waals surface area contributed by atoms with Gasteiger partial charge in [-0.15, -0.1) is 0 Å². The third-order valence-corrected chi connectivity index (χ3v) is 3.41. The summed E-state index contributed by atoms with van der Waals surface area (Å²) in [6.45, 7) is 4.29. The number of rotatable bonds is 4. The van der Waals surface area contributed by atoms with Crippen LogP contribution in [0.4, 0.5) is 0 Å². The fraction of sp³-hybridized carbons (Fsp3) is 0.500. The lowest BCUT2D eigenvalue weighted by Crippen LogP contribution is -2.52. The fourth-order valence-corrected chi connectivity index (χ4v) is 2.11. The van der Waals surface area contributed by atoms with Gasteiger partial charge in [-0.25, -0.2) is 5.01 Å². The summed E-state index contributed by atoms with van der Waals surface area (Å²) in [5, 5.41) is 2.00. The Morgan fingerprint density at radius 1 is 1.16 bits per heavy atom. The lowest BCUT2D eigenvalue weighted by atomic mass is 10.1. The Hall–Kier alpha value is -1.43. The molecule has 1 aliphatic rings. The van der Waals surface area contributed by atoms with E-state index in [4.69, 9.17) is 5.73 Å². The van der Waals surface area contributed by atoms with Gasteiger partial charge < -0.3 is 10.6 Å². The lowest BCUT2D eigenvalue weighted by molar-refractivity contribution is -0.126. The number of nitrogens with zero attached hydrogens (tertiary/aromatic N) is 2. The number of likely N-dealkylation sites (N-methyl/N-ethyl adjacent to an activating group) is 1. The number of hydrogen-bond donors (Lipinski definition) is 2. The normalized spacial score (nSPS) is 17.4. The third-order valence-electron chi connectivity index (χ3n) is 3.41. The molecule has 1 fully saturated rings. The van der Waals surface area contributed by atoms with Gasteiger partial charge in [0.1, 0.15) is 0 Å². The lowest BCUT2D eigenvalue weighted by Gasteiger charge is -2.32. The van der Waals surface area contributed by atoms with Gasteiger partial charge in [0.25, 0.3) is 0 Å². The Labute approximate surface area is 114 Å². The highest BCUT2D eigenvalue weighted by atomic mass is 16.2. The van der Waals surface area contributed by atoms with Gasteiger partial charge in [0.15, 0.2) is 0 Å². The summed E-state index contributed by atoms with van der Waals surface area (Å²) >= 11 is 0. The maximum atomic E-state index is 11.9. The summed E-state index contributed by atoms with van der Waals surface area (Å²) in [5.41, 5.74) is 10.6. The monoisotopic (exact) mass is 262 g/mol. The molecule has 2 rings (SSSR count). The zero-order chi connectivity index (χ0) is 13.7. The van der Waals surface area contributed by atoms with Crippen molar-refractivity contribution in [3.63, 3.8) is 0 Å². The summed E-state index contributed by atoms with van der Waals surface area (Å²) in [6.07, 6.45) is 0.414. The molecule has 0 aromatic heterocycles. The van der Waals surface area contributed by atoms with Crippen molar-refractivity contribution in [2.75, 3.05) is 33.2 Å². The van der Waals surface area contributed by atoms with E-state index in [0.717, 1.165) is 37.3 Å². The van der Waals surface area contributed by atoms with Gasteiger partial charge in [-0.3, -0.25) is 10.2 Å². The van der Waals surface area contributed by atoms with Crippen molar-refractivity contribution >= 4 is 5.91 Å². The van der Waals surface area contributed by atoms with Crippen LogP contribution in [0.3, 0.4) is 0 Å². The number of hydrazine groups is 1. The Morgan fingerprint density at radius 2 is 1.74 bits per heavy atom. The number of amides is 1. The number of nitrogens with one attached hydrogen (secondary N) is 1. The van der Waals surface area contributed by atoms with Crippen LogP contribution in [0, 0.1) is 0 Å². The molecule has 1 heterocycles. The smallest absolute Gasteiger partial charge is 0.238 e. The number of benzene rings is 1. The van der Waals surface area contributed by atoms with Crippen LogP contribution in [0.25, 0.3) is 0 Å². The first-order valence-corrected chi connectivity index (χ1v) is 6.68. The molecule has 1 aromatic rings. The third kappa shape index (κ3) is 4.31. The zero-order valence-corrected chi connectivity index (χ0v) is 11.4. The molecule has 1 aliphatic heterocycles. The Morgan fingerprint density at radius 3 is 2.32 bits per heavy atom. The summed E-state index contributed by atoms with van der Waals surface area (Å²) in [5.74, 6) is 0.0463. The highest BCUT2D eigenvalue weighted by molar-refractivity contribution is 5.78. The molecule has 0 unspecified atom stereocenters. The van der Waals surface area contributed by atoms with Crippen LogP contribution < -0.4 is 11.2 Å².